The number of piperazine rings is 1. The first-order valence-corrected chi connectivity index (χ1v) is 4.96. The van der Waals surface area contributed by atoms with Gasteiger partial charge in [-0.1, -0.05) is 0 Å². The Bertz CT molecular complexity index is 223. The molecule has 0 aliphatic carbocycles. The minimum Gasteiger partial charge on any atom is -0.347 e. The highest BCUT2D eigenvalue weighted by Gasteiger charge is 2.30. The van der Waals surface area contributed by atoms with Gasteiger partial charge in [0, 0.05) is 33.7 Å². The van der Waals surface area contributed by atoms with Gasteiger partial charge < -0.3 is 10.2 Å². The van der Waals surface area contributed by atoms with Crippen molar-refractivity contribution in [3.8, 4) is 0 Å². The molecule has 0 aromatic carbocycles. The van der Waals surface area contributed by atoms with Crippen LogP contribution in [0.3, 0.4) is 0 Å². The molecular formula is C9H17F2N3O. The summed E-state index contributed by atoms with van der Waals surface area (Å²) >= 11 is 0. The average Bonchev–Trinajstić information content (AvgIpc) is 2.16. The van der Waals surface area contributed by atoms with Crippen LogP contribution in [0.5, 0.6) is 0 Å². The van der Waals surface area contributed by atoms with Crippen LogP contribution in [-0.4, -0.2) is 68.4 Å². The fraction of sp³-hybridized carbons (Fsp3) is 0.889. The van der Waals surface area contributed by atoms with Gasteiger partial charge in [-0.05, 0) is 0 Å². The summed E-state index contributed by atoms with van der Waals surface area (Å²) in [6.45, 7) is 1.27. The summed E-state index contributed by atoms with van der Waals surface area (Å²) in [5.74, 6) is -0.122. The first-order valence-electron chi connectivity index (χ1n) is 4.96. The van der Waals surface area contributed by atoms with E-state index in [0.29, 0.717) is 19.6 Å². The molecule has 6 heteroatoms. The number of hydrogen-bond donors (Lipinski definition) is 1. The fourth-order valence-corrected chi connectivity index (χ4v) is 1.68. The Labute approximate surface area is 88.2 Å². The van der Waals surface area contributed by atoms with Crippen molar-refractivity contribution in [3.05, 3.63) is 0 Å². The molecule has 1 fully saturated rings. The molecule has 1 N–H and O–H groups in total. The van der Waals surface area contributed by atoms with Crippen LogP contribution in [0.15, 0.2) is 0 Å². The number of nitrogens with zero attached hydrogens (tertiary/aromatic N) is 2. The molecule has 0 aromatic heterocycles. The first-order chi connectivity index (χ1) is 7.02. The zero-order valence-electron chi connectivity index (χ0n) is 9.04. The molecule has 4 nitrogen and oxygen atoms in total. The minimum absolute atomic E-state index is 0.122. The second kappa shape index (κ2) is 5.37. The van der Waals surface area contributed by atoms with E-state index in [0.717, 1.165) is 0 Å². The summed E-state index contributed by atoms with van der Waals surface area (Å²) in [6, 6.07) is -0.456. The quantitative estimate of drug-likeness (QED) is 0.705. The summed E-state index contributed by atoms with van der Waals surface area (Å²) in [4.78, 5) is 14.7. The number of halogens is 2. The number of amides is 1. The van der Waals surface area contributed by atoms with Gasteiger partial charge in [-0.25, -0.2) is 8.78 Å². The summed E-state index contributed by atoms with van der Waals surface area (Å²) in [7, 11) is 3.27. The number of hydrogen-bond acceptors (Lipinski definition) is 3. The molecule has 0 bridgehead atoms. The van der Waals surface area contributed by atoms with Gasteiger partial charge in [-0.15, -0.1) is 0 Å². The van der Waals surface area contributed by atoms with Gasteiger partial charge in [0.05, 0.1) is 6.54 Å². The van der Waals surface area contributed by atoms with Crippen molar-refractivity contribution >= 4 is 5.91 Å². The van der Waals surface area contributed by atoms with Crippen LogP contribution in [-0.2, 0) is 4.79 Å². The number of nitrogens with one attached hydrogen (secondary N) is 1. The third kappa shape index (κ3) is 3.39. The van der Waals surface area contributed by atoms with E-state index in [1.165, 1.54) is 4.90 Å². The zero-order valence-corrected chi connectivity index (χ0v) is 9.04. The van der Waals surface area contributed by atoms with Crippen LogP contribution in [0.1, 0.15) is 0 Å². The smallest absolute Gasteiger partial charge is 0.251 e. The number of likely N-dealkylation sites (N-methyl/N-ethyl adjacent to an activating group) is 1. The Morgan fingerprint density at radius 3 is 2.80 bits per heavy atom. The lowest BCUT2D eigenvalue weighted by atomic mass is 10.1. The summed E-state index contributed by atoms with van der Waals surface area (Å²) in [5, 5.41) is 3.04. The van der Waals surface area contributed by atoms with Crippen molar-refractivity contribution in [2.75, 3.05) is 40.3 Å². The highest BCUT2D eigenvalue weighted by atomic mass is 19.3. The van der Waals surface area contributed by atoms with E-state index in [1.54, 1.807) is 19.0 Å². The van der Waals surface area contributed by atoms with Crippen molar-refractivity contribution < 1.29 is 13.6 Å². The SMILES string of the molecule is CN(C)C(=O)C1CNCCN1CC(F)F. The monoisotopic (exact) mass is 221 g/mol. The summed E-state index contributed by atoms with van der Waals surface area (Å²) in [6.07, 6.45) is -2.39. The van der Waals surface area contributed by atoms with E-state index in [-0.39, 0.29) is 12.5 Å². The molecule has 1 atom stereocenters. The lowest BCUT2D eigenvalue weighted by Crippen LogP contribution is -2.58. The van der Waals surface area contributed by atoms with Gasteiger partial charge in [0.2, 0.25) is 5.91 Å². The van der Waals surface area contributed by atoms with Gasteiger partial charge in [-0.2, -0.15) is 0 Å². The lowest BCUT2D eigenvalue weighted by molar-refractivity contribution is -0.135. The van der Waals surface area contributed by atoms with Crippen LogP contribution < -0.4 is 5.32 Å². The molecule has 1 rings (SSSR count). The van der Waals surface area contributed by atoms with Crippen LogP contribution in [0.25, 0.3) is 0 Å². The van der Waals surface area contributed by atoms with E-state index in [9.17, 15) is 13.6 Å². The fourth-order valence-electron chi connectivity index (χ4n) is 1.68. The van der Waals surface area contributed by atoms with Crippen molar-refractivity contribution in [1.29, 1.82) is 0 Å². The second-order valence-electron chi connectivity index (χ2n) is 3.84. The molecule has 88 valence electrons. The van der Waals surface area contributed by atoms with Crippen LogP contribution in [0, 0.1) is 0 Å². The van der Waals surface area contributed by atoms with Crippen molar-refractivity contribution in [3.63, 3.8) is 0 Å². The summed E-state index contributed by atoms with van der Waals surface area (Å²) in [5.41, 5.74) is 0. The number of rotatable bonds is 3. The maximum atomic E-state index is 12.3. The predicted molar refractivity (Wildman–Crippen MR) is 52.9 cm³/mol. The van der Waals surface area contributed by atoms with E-state index in [2.05, 4.69) is 5.32 Å². The lowest BCUT2D eigenvalue weighted by Gasteiger charge is -2.36. The van der Waals surface area contributed by atoms with Crippen molar-refractivity contribution in [1.82, 2.24) is 15.1 Å². The second-order valence-corrected chi connectivity index (χ2v) is 3.84. The third-order valence-electron chi connectivity index (χ3n) is 2.45. The minimum atomic E-state index is -2.39. The van der Waals surface area contributed by atoms with Crippen LogP contribution in [0.2, 0.25) is 0 Å². The Hall–Kier alpha value is -0.750. The Morgan fingerprint density at radius 2 is 2.27 bits per heavy atom. The molecule has 1 saturated heterocycles. The third-order valence-corrected chi connectivity index (χ3v) is 2.45. The molecule has 1 aliphatic heterocycles. The van der Waals surface area contributed by atoms with Gasteiger partial charge in [-0.3, -0.25) is 9.69 Å². The molecule has 1 amide bonds. The highest BCUT2D eigenvalue weighted by Crippen LogP contribution is 2.08. The van der Waals surface area contributed by atoms with Crippen molar-refractivity contribution in [2.24, 2.45) is 0 Å². The van der Waals surface area contributed by atoms with Crippen molar-refractivity contribution in [2.45, 2.75) is 12.5 Å². The molecule has 1 aliphatic rings. The maximum absolute atomic E-state index is 12.3. The van der Waals surface area contributed by atoms with Gasteiger partial charge in [0.1, 0.15) is 6.04 Å². The predicted octanol–water partition coefficient (Wildman–Crippen LogP) is -0.386. The van der Waals surface area contributed by atoms with Gasteiger partial charge in [0.15, 0.2) is 0 Å². The normalized spacial score (nSPS) is 23.1. The molecule has 0 aromatic rings. The largest absolute Gasteiger partial charge is 0.347 e. The van der Waals surface area contributed by atoms with Crippen LogP contribution >= 0.6 is 0 Å². The summed E-state index contributed by atoms with van der Waals surface area (Å²) < 4.78 is 24.5. The molecule has 1 unspecified atom stereocenters. The van der Waals surface area contributed by atoms with E-state index >= 15 is 0 Å². The van der Waals surface area contributed by atoms with Crippen LogP contribution in [0.4, 0.5) is 8.78 Å². The Kier molecular flexibility index (Phi) is 4.41. The molecule has 15 heavy (non-hydrogen) atoms. The molecule has 0 radical (unpaired) electrons. The molecular weight excluding hydrogens is 204 g/mol. The maximum Gasteiger partial charge on any atom is 0.251 e. The van der Waals surface area contributed by atoms with Gasteiger partial charge in [0.25, 0.3) is 6.43 Å². The number of carbonyl (C=O) groups is 1. The highest BCUT2D eigenvalue weighted by molar-refractivity contribution is 5.81. The molecule has 0 spiro atoms. The van der Waals surface area contributed by atoms with E-state index in [1.807, 2.05) is 0 Å². The molecule has 0 saturated carbocycles. The Morgan fingerprint density at radius 1 is 1.60 bits per heavy atom. The first kappa shape index (κ1) is 12.3. The Balaban J connectivity index is 2.61. The van der Waals surface area contributed by atoms with Gasteiger partial charge >= 0.3 is 0 Å². The van der Waals surface area contributed by atoms with E-state index < -0.39 is 12.5 Å². The standard InChI is InChI=1S/C9H17F2N3O/c1-13(2)9(15)7-5-12-3-4-14(7)6-8(10)11/h7-8,12H,3-6H2,1-2H3. The zero-order chi connectivity index (χ0) is 11.4. The van der Waals surface area contributed by atoms with E-state index in [4.69, 9.17) is 0 Å². The average molecular weight is 221 g/mol. The topological polar surface area (TPSA) is 35.6 Å². The number of alkyl halides is 2. The molecule has 1 heterocycles. The number of carbonyl (C=O) groups excluding carboxylic acids is 1.